The number of hydrogen-bond acceptors (Lipinski definition) is 4. The number of hydrogen-bond donors (Lipinski definition) is 1. The highest BCUT2D eigenvalue weighted by Gasteiger charge is 2.29. The number of nitrogens with zero attached hydrogens (tertiary/aromatic N) is 2. The molecule has 25 heavy (non-hydrogen) atoms. The summed E-state index contributed by atoms with van der Waals surface area (Å²) in [5.41, 5.74) is 1.09. The van der Waals surface area contributed by atoms with Gasteiger partial charge in [-0.3, -0.25) is 0 Å². The predicted octanol–water partition coefficient (Wildman–Crippen LogP) is 2.00. The van der Waals surface area contributed by atoms with E-state index in [2.05, 4.69) is 5.32 Å². The number of urea groups is 1. The lowest BCUT2D eigenvalue weighted by molar-refractivity contribution is -0.0160. The normalized spacial score (nSPS) is 21.7. The first-order chi connectivity index (χ1) is 12.2. The Balaban J connectivity index is 1.49. The molecule has 0 aliphatic carbocycles. The van der Waals surface area contributed by atoms with Gasteiger partial charge in [0, 0.05) is 25.7 Å². The van der Waals surface area contributed by atoms with Crippen LogP contribution in [0.2, 0.25) is 0 Å². The van der Waals surface area contributed by atoms with Gasteiger partial charge in [-0.15, -0.1) is 0 Å². The third-order valence-corrected chi connectivity index (χ3v) is 4.78. The number of likely N-dealkylation sites (tertiary alicyclic amines) is 1. The molecule has 7 heteroatoms. The number of nitrogens with one attached hydrogen (secondary N) is 1. The van der Waals surface area contributed by atoms with Gasteiger partial charge in [0.2, 0.25) is 0 Å². The van der Waals surface area contributed by atoms with E-state index in [-0.39, 0.29) is 24.3 Å². The van der Waals surface area contributed by atoms with Crippen molar-refractivity contribution in [3.05, 3.63) is 35.9 Å². The highest BCUT2D eigenvalue weighted by Crippen LogP contribution is 2.22. The summed E-state index contributed by atoms with van der Waals surface area (Å²) in [5.74, 6) is 0. The van der Waals surface area contributed by atoms with Gasteiger partial charge in [0.1, 0.15) is 6.10 Å². The van der Waals surface area contributed by atoms with Gasteiger partial charge in [-0.25, -0.2) is 9.59 Å². The standard InChI is InChI=1S/C18H25N3O4/c1-24-18(23)20-9-7-15(8-10-20)19-17(22)21-11-12-25-16(13-21)14-5-3-2-4-6-14/h2-6,15-16H,7-13H2,1H3,(H,19,22). The lowest BCUT2D eigenvalue weighted by Gasteiger charge is -2.36. The van der Waals surface area contributed by atoms with Crippen molar-refractivity contribution in [2.75, 3.05) is 39.9 Å². The Labute approximate surface area is 147 Å². The monoisotopic (exact) mass is 347 g/mol. The minimum absolute atomic E-state index is 0.0549. The van der Waals surface area contributed by atoms with Gasteiger partial charge in [-0.05, 0) is 18.4 Å². The molecule has 2 aliphatic rings. The van der Waals surface area contributed by atoms with Crippen LogP contribution in [-0.2, 0) is 9.47 Å². The van der Waals surface area contributed by atoms with Crippen molar-refractivity contribution in [1.29, 1.82) is 0 Å². The molecule has 1 aromatic rings. The molecule has 136 valence electrons. The van der Waals surface area contributed by atoms with Gasteiger partial charge in [-0.1, -0.05) is 30.3 Å². The van der Waals surface area contributed by atoms with Gasteiger partial charge in [0.25, 0.3) is 0 Å². The minimum Gasteiger partial charge on any atom is -0.453 e. The summed E-state index contributed by atoms with van der Waals surface area (Å²) in [4.78, 5) is 27.6. The van der Waals surface area contributed by atoms with Crippen LogP contribution in [0, 0.1) is 0 Å². The van der Waals surface area contributed by atoms with Crippen molar-refractivity contribution in [2.45, 2.75) is 25.0 Å². The first kappa shape index (κ1) is 17.5. The number of morpholine rings is 1. The summed E-state index contributed by atoms with van der Waals surface area (Å²) in [6.45, 7) is 2.89. The second kappa shape index (κ2) is 8.20. The van der Waals surface area contributed by atoms with E-state index in [1.807, 2.05) is 35.2 Å². The fourth-order valence-corrected chi connectivity index (χ4v) is 3.30. The second-order valence-corrected chi connectivity index (χ2v) is 6.40. The third kappa shape index (κ3) is 4.42. The zero-order valence-electron chi connectivity index (χ0n) is 14.5. The lowest BCUT2D eigenvalue weighted by Crippen LogP contribution is -2.52. The van der Waals surface area contributed by atoms with Crippen molar-refractivity contribution in [2.24, 2.45) is 0 Å². The van der Waals surface area contributed by atoms with E-state index in [0.29, 0.717) is 32.8 Å². The van der Waals surface area contributed by atoms with Gasteiger partial charge in [0.05, 0.1) is 20.3 Å². The molecule has 0 saturated carbocycles. The number of ether oxygens (including phenoxy) is 2. The Morgan fingerprint density at radius 2 is 1.84 bits per heavy atom. The molecule has 1 N–H and O–H groups in total. The molecule has 0 spiro atoms. The summed E-state index contributed by atoms with van der Waals surface area (Å²) in [7, 11) is 1.39. The molecule has 0 aromatic heterocycles. The first-order valence-electron chi connectivity index (χ1n) is 8.72. The summed E-state index contributed by atoms with van der Waals surface area (Å²) >= 11 is 0. The zero-order chi connectivity index (χ0) is 17.6. The van der Waals surface area contributed by atoms with Crippen LogP contribution in [0.1, 0.15) is 24.5 Å². The van der Waals surface area contributed by atoms with E-state index >= 15 is 0 Å². The van der Waals surface area contributed by atoms with Crippen LogP contribution in [0.25, 0.3) is 0 Å². The van der Waals surface area contributed by atoms with Crippen LogP contribution < -0.4 is 5.32 Å². The van der Waals surface area contributed by atoms with Crippen LogP contribution in [0.3, 0.4) is 0 Å². The molecule has 7 nitrogen and oxygen atoms in total. The average Bonchev–Trinajstić information content (AvgIpc) is 2.68. The molecule has 3 amide bonds. The Bertz CT molecular complexity index is 587. The molecule has 2 saturated heterocycles. The van der Waals surface area contributed by atoms with Crippen LogP contribution in [0.4, 0.5) is 9.59 Å². The minimum atomic E-state index is -0.302. The lowest BCUT2D eigenvalue weighted by atomic mass is 10.1. The number of methoxy groups -OCH3 is 1. The van der Waals surface area contributed by atoms with E-state index in [1.165, 1.54) is 7.11 Å². The third-order valence-electron chi connectivity index (χ3n) is 4.78. The van der Waals surface area contributed by atoms with Crippen molar-refractivity contribution in [3.63, 3.8) is 0 Å². The van der Waals surface area contributed by atoms with E-state index < -0.39 is 0 Å². The molecule has 2 aliphatic heterocycles. The van der Waals surface area contributed by atoms with Crippen LogP contribution in [-0.4, -0.2) is 67.9 Å². The smallest absolute Gasteiger partial charge is 0.409 e. The summed E-state index contributed by atoms with van der Waals surface area (Å²) in [5, 5.41) is 3.09. The Kier molecular flexibility index (Phi) is 5.75. The molecular formula is C18H25N3O4. The van der Waals surface area contributed by atoms with Crippen LogP contribution >= 0.6 is 0 Å². The molecule has 1 aromatic carbocycles. The maximum Gasteiger partial charge on any atom is 0.409 e. The Morgan fingerprint density at radius 3 is 2.52 bits per heavy atom. The van der Waals surface area contributed by atoms with Gasteiger partial charge < -0.3 is 24.6 Å². The molecule has 2 fully saturated rings. The van der Waals surface area contributed by atoms with E-state index in [9.17, 15) is 9.59 Å². The topological polar surface area (TPSA) is 71.1 Å². The van der Waals surface area contributed by atoms with Crippen molar-refractivity contribution in [1.82, 2.24) is 15.1 Å². The van der Waals surface area contributed by atoms with Gasteiger partial charge in [-0.2, -0.15) is 0 Å². The van der Waals surface area contributed by atoms with Crippen molar-refractivity contribution < 1.29 is 19.1 Å². The molecule has 0 radical (unpaired) electrons. The zero-order valence-corrected chi connectivity index (χ0v) is 14.5. The Morgan fingerprint density at radius 1 is 1.12 bits per heavy atom. The second-order valence-electron chi connectivity index (χ2n) is 6.40. The number of carbonyl (C=O) groups excluding carboxylic acids is 2. The highest BCUT2D eigenvalue weighted by atomic mass is 16.5. The number of benzene rings is 1. The number of piperidine rings is 1. The molecular weight excluding hydrogens is 322 g/mol. The maximum atomic E-state index is 12.6. The van der Waals surface area contributed by atoms with E-state index in [0.717, 1.165) is 18.4 Å². The molecule has 1 atom stereocenters. The maximum absolute atomic E-state index is 12.6. The van der Waals surface area contributed by atoms with Crippen molar-refractivity contribution in [3.8, 4) is 0 Å². The first-order valence-corrected chi connectivity index (χ1v) is 8.72. The van der Waals surface area contributed by atoms with Crippen LogP contribution in [0.15, 0.2) is 30.3 Å². The number of amides is 3. The summed E-state index contributed by atoms with van der Waals surface area (Å²) < 4.78 is 10.5. The highest BCUT2D eigenvalue weighted by molar-refractivity contribution is 5.74. The predicted molar refractivity (Wildman–Crippen MR) is 92.2 cm³/mol. The number of carbonyl (C=O) groups is 2. The van der Waals surface area contributed by atoms with Crippen molar-refractivity contribution >= 4 is 12.1 Å². The quantitative estimate of drug-likeness (QED) is 0.888. The molecule has 1 unspecified atom stereocenters. The fraction of sp³-hybridized carbons (Fsp3) is 0.556. The molecule has 2 heterocycles. The van der Waals surface area contributed by atoms with E-state index in [4.69, 9.17) is 9.47 Å². The largest absolute Gasteiger partial charge is 0.453 e. The fourth-order valence-electron chi connectivity index (χ4n) is 3.30. The van der Waals surface area contributed by atoms with Gasteiger partial charge in [0.15, 0.2) is 0 Å². The Hall–Kier alpha value is -2.28. The summed E-state index contributed by atoms with van der Waals surface area (Å²) in [6.07, 6.45) is 1.10. The average molecular weight is 347 g/mol. The molecule has 3 rings (SSSR count). The summed E-state index contributed by atoms with van der Waals surface area (Å²) in [6, 6.07) is 10.0. The van der Waals surface area contributed by atoms with E-state index in [1.54, 1.807) is 4.90 Å². The number of rotatable bonds is 2. The SMILES string of the molecule is COC(=O)N1CCC(NC(=O)N2CCOC(c3ccccc3)C2)CC1. The molecule has 0 bridgehead atoms. The van der Waals surface area contributed by atoms with Crippen LogP contribution in [0.5, 0.6) is 0 Å². The van der Waals surface area contributed by atoms with Gasteiger partial charge >= 0.3 is 12.1 Å².